The van der Waals surface area contributed by atoms with Crippen LogP contribution >= 0.6 is 0 Å². The van der Waals surface area contributed by atoms with E-state index in [1.807, 2.05) is 0 Å². The highest BCUT2D eigenvalue weighted by molar-refractivity contribution is 6.01. The number of carbonyl (C=O) groups excluding carboxylic acids is 16. The molecule has 740 valence electrons. The summed E-state index contributed by atoms with van der Waals surface area (Å²) in [5.74, 6) is -18.3. The van der Waals surface area contributed by atoms with Gasteiger partial charge in [-0.2, -0.15) is 0 Å². The first-order valence-electron chi connectivity index (χ1n) is 43.3. The summed E-state index contributed by atoms with van der Waals surface area (Å²) in [4.78, 5) is 235. The first kappa shape index (κ1) is 114. The maximum atomic E-state index is 14.9. The molecule has 1 aromatic carbocycles. The molecule has 1 heterocycles. The molecule has 0 radical (unpaired) electrons. The van der Waals surface area contributed by atoms with Crippen LogP contribution in [0.4, 0.5) is 0 Å². The van der Waals surface area contributed by atoms with E-state index >= 15 is 0 Å². The third-order valence-corrected chi connectivity index (χ3v) is 20.2. The van der Waals surface area contributed by atoms with Gasteiger partial charge in [-0.15, -0.1) is 0 Å². The molecule has 54 heteroatoms. The fraction of sp³-hybridized carbons (Fsp3) is 0.641. The van der Waals surface area contributed by atoms with Gasteiger partial charge in [0.1, 0.15) is 90.3 Å². The Morgan fingerprint density at radius 2 is 0.667 bits per heavy atom. The lowest BCUT2D eigenvalue weighted by molar-refractivity contribution is -0.144. The van der Waals surface area contributed by atoms with Crippen LogP contribution in [0, 0.1) is 27.0 Å². The largest absolute Gasteiger partial charge is 0.508 e. The molecular weight excluding hydrogens is 1730 g/mol. The van der Waals surface area contributed by atoms with E-state index in [2.05, 4.69) is 106 Å². The van der Waals surface area contributed by atoms with Gasteiger partial charge in [0.2, 0.25) is 94.5 Å². The minimum Gasteiger partial charge on any atom is -0.508 e. The third kappa shape index (κ3) is 45.9. The number of hydrogen-bond acceptors (Lipinski definition) is 27. The van der Waals surface area contributed by atoms with Gasteiger partial charge in [-0.25, -0.2) is 4.79 Å². The number of amides is 16. The topological polar surface area (TPSA) is 922 Å². The predicted molar refractivity (Wildman–Crippen MR) is 480 cm³/mol. The van der Waals surface area contributed by atoms with Crippen LogP contribution in [0.25, 0.3) is 0 Å². The van der Waals surface area contributed by atoms with Crippen LogP contribution in [0.1, 0.15) is 156 Å². The predicted octanol–water partition coefficient (Wildman–Crippen LogP) is -12.5. The summed E-state index contributed by atoms with van der Waals surface area (Å²) in [6.45, 7) is 4.65. The number of benzene rings is 1. The van der Waals surface area contributed by atoms with E-state index in [4.69, 9.17) is 72.9 Å². The van der Waals surface area contributed by atoms with E-state index in [1.54, 1.807) is 0 Å². The van der Waals surface area contributed by atoms with E-state index in [1.165, 1.54) is 58.9 Å². The molecule has 0 unspecified atom stereocenters. The summed E-state index contributed by atoms with van der Waals surface area (Å²) in [7, 11) is 0. The highest BCUT2D eigenvalue weighted by atomic mass is 16.4. The zero-order valence-electron chi connectivity index (χ0n) is 75.0. The first-order chi connectivity index (χ1) is 62.3. The number of phenols is 1. The number of nitrogens with two attached hydrogens (primary N) is 8. The van der Waals surface area contributed by atoms with Crippen molar-refractivity contribution < 1.29 is 96.8 Å². The van der Waals surface area contributed by atoms with Gasteiger partial charge in [0.05, 0.1) is 25.7 Å². The number of aliphatic carboxylic acids is 1. The second-order valence-corrected chi connectivity index (χ2v) is 31.3. The summed E-state index contributed by atoms with van der Waals surface area (Å²) < 4.78 is 0. The number of aliphatic hydroxyl groups is 1. The van der Waals surface area contributed by atoms with Crippen molar-refractivity contribution in [3.05, 3.63) is 29.8 Å². The molecule has 0 aliphatic carbocycles. The fourth-order valence-electron chi connectivity index (χ4n) is 13.0. The van der Waals surface area contributed by atoms with Crippen LogP contribution in [-0.4, -0.2) is 313 Å². The Morgan fingerprint density at radius 1 is 0.371 bits per heavy atom. The highest BCUT2D eigenvalue weighted by Gasteiger charge is 2.42. The van der Waals surface area contributed by atoms with Crippen molar-refractivity contribution in [1.29, 1.82) is 27.0 Å². The highest BCUT2D eigenvalue weighted by Crippen LogP contribution is 2.21. The number of carboxylic acid groups (broad SMARTS) is 1. The number of aliphatic hydroxyl groups excluding tert-OH is 1. The van der Waals surface area contributed by atoms with Crippen molar-refractivity contribution in [3.63, 3.8) is 0 Å². The maximum Gasteiger partial charge on any atom is 0.326 e. The number of carbonyl (C=O) groups is 17. The smallest absolute Gasteiger partial charge is 0.326 e. The van der Waals surface area contributed by atoms with Gasteiger partial charge in [-0.3, -0.25) is 104 Å². The average Bonchev–Trinajstić information content (AvgIpc) is 1.61. The van der Waals surface area contributed by atoms with E-state index in [0.717, 1.165) is 4.90 Å². The molecule has 54 nitrogen and oxygen atoms in total. The minimum absolute atomic E-state index is 0.000338. The SMILES string of the molecule is C[C@H](NC(=O)CN)C(=O)NCC(=O)N[C@@H](C)C(=O)NCC(=O)N[C@@H](C)C(=O)N[C@H](C(=O)N1CCC[C@H]1C(=O)N[C@@H](CCCNC(=N)N)C(=O)N[C@@H](C)C(=O)N[C@@H](CCCNC(=N)N)C(=O)N[C@@H](CCCNC(=N)N)C(=O)N[C@@H](CCCNC(=N)N)C(=O)N[C@@H](CCCCN)C(=O)N[C@@H](CCCCN)C(=O)N[C@@H](CCCNC(=N)N)C(=O)N[C@@H](Cc1ccc(O)cc1)C(=O)O)[C@@H](C)O. The van der Waals surface area contributed by atoms with Crippen molar-refractivity contribution in [3.8, 4) is 5.75 Å². The molecule has 2 rings (SSSR count). The third-order valence-electron chi connectivity index (χ3n) is 20.2. The number of nitrogens with zero attached hydrogens (tertiary/aromatic N) is 1. The Balaban J connectivity index is 2.53. The number of rotatable bonds is 63. The van der Waals surface area contributed by atoms with Crippen LogP contribution in [0.15, 0.2) is 24.3 Å². The van der Waals surface area contributed by atoms with E-state index in [9.17, 15) is 96.8 Å². The van der Waals surface area contributed by atoms with Crippen molar-refractivity contribution >= 4 is 130 Å². The lowest BCUT2D eigenvalue weighted by atomic mass is 10.0. The summed E-state index contributed by atoms with van der Waals surface area (Å²) in [6.07, 6.45) is -1.72. The molecule has 0 aromatic heterocycles. The molecular formula is C78H138N34O20. The normalized spacial score (nSPS) is 15.2. The molecule has 44 N–H and O–H groups in total. The molecule has 1 saturated heterocycles. The number of unbranched alkanes of at least 4 members (excludes halogenated alkanes) is 2. The van der Waals surface area contributed by atoms with Crippen LogP contribution < -0.4 is 152 Å². The van der Waals surface area contributed by atoms with Gasteiger partial charge >= 0.3 is 5.97 Å². The lowest BCUT2D eigenvalue weighted by Crippen LogP contribution is -2.61. The summed E-state index contributed by atoms with van der Waals surface area (Å²) in [5.41, 5.74) is 45.1. The van der Waals surface area contributed by atoms with Gasteiger partial charge in [0.25, 0.3) is 0 Å². The van der Waals surface area contributed by atoms with Gasteiger partial charge in [-0.05, 0) is 181 Å². The van der Waals surface area contributed by atoms with Crippen molar-refractivity contribution in [2.75, 3.05) is 72.0 Å². The molecule has 1 aliphatic heterocycles. The number of phenolic OH excluding ortho intramolecular Hbond substituents is 1. The Bertz CT molecular complexity index is 4070. The molecule has 0 spiro atoms. The van der Waals surface area contributed by atoms with Gasteiger partial charge in [0.15, 0.2) is 29.8 Å². The Labute approximate surface area is 763 Å². The van der Waals surface area contributed by atoms with Gasteiger partial charge < -0.3 is 172 Å². The molecule has 16 amide bonds. The Morgan fingerprint density at radius 3 is 0.992 bits per heavy atom. The van der Waals surface area contributed by atoms with Gasteiger partial charge in [0, 0.05) is 45.7 Å². The fourth-order valence-corrected chi connectivity index (χ4v) is 13.0. The second kappa shape index (κ2) is 61.7. The monoisotopic (exact) mass is 1870 g/mol. The molecule has 1 fully saturated rings. The van der Waals surface area contributed by atoms with Crippen LogP contribution in [0.5, 0.6) is 5.75 Å². The summed E-state index contributed by atoms with van der Waals surface area (Å²) >= 11 is 0. The molecule has 1 aliphatic rings. The number of guanidine groups is 5. The summed E-state index contributed by atoms with van der Waals surface area (Å²) in [6, 6.07) is -15.0. The molecule has 132 heavy (non-hydrogen) atoms. The molecule has 0 saturated carbocycles. The van der Waals surface area contributed by atoms with E-state index < -0.39 is 234 Å². The van der Waals surface area contributed by atoms with Crippen molar-refractivity contribution in [2.24, 2.45) is 45.9 Å². The standard InChI is InChI=1S/C78H138N34O20/c1-40(99-56(115)37-81)60(118)97-38-57(116)100-41(2)61(119)98-39-58(117)101-42(3)63(121)111-59(44(5)113)72(130)112-35-15-23-55(112)71(129)109-49(18-10-30-92-74(82)83)64(122)102-43(4)62(120)103-50(19-11-31-93-75(84)85)67(125)106-52(21-13-33-95-77(88)89)69(127)107-51(20-12-32-94-76(86)87)68(126)105-47(16-6-8-28-79)65(123)104-48(17-7-9-29-80)66(124)108-53(22-14-34-96-78(90)91)70(128)110-54(73(131)132)36-45-24-26-46(114)27-25-45/h24-27,40-44,47-55,59,113-114H,6-23,28-39,79-81H2,1-5H3,(H,97,118)(H,98,119)(H,99,115)(H,100,116)(H,101,117)(H,102,122)(H,103,120)(H,104,123)(H,105,126)(H,106,125)(H,107,127)(H,108,124)(H,109,129)(H,110,128)(H,111,121)(H,131,132)(H4,82,83,92)(H4,84,85,93)(H4,86,87,94)(H4,88,89,95)(H4,90,91,96)/t40-,41-,42-,43-,44+,47-,48-,49-,50-,51-,52-,53-,54-,55-,59-/m0/s1. The number of hydrogen-bond donors (Lipinski definition) is 36. The Hall–Kier alpha value is -13.8. The van der Waals surface area contributed by atoms with Crippen LogP contribution in [0.3, 0.4) is 0 Å². The zero-order chi connectivity index (χ0) is 99.3. The quantitative estimate of drug-likeness (QED) is 0.0164. The molecule has 0 bridgehead atoms. The molecule has 1 aromatic rings. The number of aromatic hydroxyl groups is 1. The Kier molecular flexibility index (Phi) is 53.4. The minimum atomic E-state index is -1.74. The van der Waals surface area contributed by atoms with Crippen LogP contribution in [-0.2, 0) is 87.9 Å². The van der Waals surface area contributed by atoms with Crippen LogP contribution in [0.2, 0.25) is 0 Å². The lowest BCUT2D eigenvalue weighted by Gasteiger charge is -2.31. The number of likely N-dealkylation sites (tertiary alicyclic amines) is 1. The van der Waals surface area contributed by atoms with Gasteiger partial charge in [-0.1, -0.05) is 12.1 Å². The number of nitrogens with one attached hydrogen (secondary N) is 25. The molecule has 15 atom stereocenters. The first-order valence-corrected chi connectivity index (χ1v) is 43.3. The second-order valence-electron chi connectivity index (χ2n) is 31.3. The van der Waals surface area contributed by atoms with Crippen molar-refractivity contribution in [1.82, 2.24) is 111 Å². The average molecular weight is 1870 g/mol. The maximum absolute atomic E-state index is 14.9. The number of carboxylic acids is 1. The van der Waals surface area contributed by atoms with Crippen molar-refractivity contribution in [2.45, 2.75) is 247 Å². The van der Waals surface area contributed by atoms with E-state index in [-0.39, 0.29) is 174 Å². The summed E-state index contributed by atoms with van der Waals surface area (Å²) in [5, 5.41) is 120. The zero-order valence-corrected chi connectivity index (χ0v) is 75.0. The van der Waals surface area contributed by atoms with E-state index in [0.29, 0.717) is 18.4 Å².